The van der Waals surface area contributed by atoms with Gasteiger partial charge in [-0.2, -0.15) is 0 Å². The molecule has 0 aromatic heterocycles. The fourth-order valence-electron chi connectivity index (χ4n) is 2.70. The van der Waals surface area contributed by atoms with Gasteiger partial charge in [-0.1, -0.05) is 42.5 Å². The Morgan fingerprint density at radius 1 is 1.50 bits per heavy atom. The standard InChI is InChI=1S/C16H21NO2.ClH/c1-3-19-15(18)16(13-9-5-4-6-10-13)12-8-7-11-14(16)17-2;/h4-7,9-11,14,17H,3,8,12H2,1-2H3;1H/t14-,16+;/m1./s1/i2D3;. The molecule has 0 spiro atoms. The summed E-state index contributed by atoms with van der Waals surface area (Å²) in [6.45, 7) is -0.321. The zero-order chi connectivity index (χ0) is 16.2. The van der Waals surface area contributed by atoms with Gasteiger partial charge in [0.15, 0.2) is 0 Å². The molecule has 2 atom stereocenters. The van der Waals surface area contributed by atoms with Crippen LogP contribution in [0.25, 0.3) is 0 Å². The van der Waals surface area contributed by atoms with E-state index in [1.165, 1.54) is 0 Å². The van der Waals surface area contributed by atoms with E-state index in [1.807, 2.05) is 36.4 Å². The topological polar surface area (TPSA) is 38.3 Å². The van der Waals surface area contributed by atoms with E-state index in [1.54, 1.807) is 13.0 Å². The van der Waals surface area contributed by atoms with Crippen molar-refractivity contribution in [3.8, 4) is 0 Å². The van der Waals surface area contributed by atoms with Gasteiger partial charge in [-0.25, -0.2) is 0 Å². The lowest BCUT2D eigenvalue weighted by Gasteiger charge is -2.39. The van der Waals surface area contributed by atoms with E-state index in [9.17, 15) is 4.79 Å². The molecule has 4 heteroatoms. The maximum atomic E-state index is 12.7. The zero-order valence-corrected chi connectivity index (χ0v) is 12.3. The molecule has 0 amide bonds. The van der Waals surface area contributed by atoms with Crippen molar-refractivity contribution in [2.75, 3.05) is 13.6 Å². The predicted octanol–water partition coefficient (Wildman–Crippen LogP) is 2.85. The molecule has 1 N–H and O–H groups in total. The van der Waals surface area contributed by atoms with Crippen molar-refractivity contribution in [2.45, 2.75) is 31.2 Å². The van der Waals surface area contributed by atoms with Crippen LogP contribution in [0, 0.1) is 0 Å². The van der Waals surface area contributed by atoms with Crippen LogP contribution in [-0.2, 0) is 14.9 Å². The molecule has 3 nitrogen and oxygen atoms in total. The molecule has 110 valence electrons. The maximum absolute atomic E-state index is 12.7. The third-order valence-electron chi connectivity index (χ3n) is 3.65. The van der Waals surface area contributed by atoms with Gasteiger partial charge < -0.3 is 10.1 Å². The summed E-state index contributed by atoms with van der Waals surface area (Å²) in [5, 5.41) is 2.60. The van der Waals surface area contributed by atoms with Crippen LogP contribution in [0.2, 0.25) is 0 Å². The van der Waals surface area contributed by atoms with Crippen molar-refractivity contribution in [1.82, 2.24) is 5.32 Å². The van der Waals surface area contributed by atoms with E-state index >= 15 is 0 Å². The van der Waals surface area contributed by atoms with Crippen molar-refractivity contribution in [1.29, 1.82) is 0 Å². The van der Waals surface area contributed by atoms with E-state index in [-0.39, 0.29) is 25.0 Å². The Balaban J connectivity index is 0.00000264. The van der Waals surface area contributed by atoms with Crippen LogP contribution in [0.1, 0.15) is 29.4 Å². The van der Waals surface area contributed by atoms with Crippen molar-refractivity contribution >= 4 is 18.4 Å². The fourth-order valence-corrected chi connectivity index (χ4v) is 2.70. The molecule has 1 aliphatic carbocycles. The normalized spacial score (nSPS) is 27.6. The molecule has 0 unspecified atom stereocenters. The first-order chi connectivity index (χ1) is 10.4. The first kappa shape index (κ1) is 12.4. The second-order valence-corrected chi connectivity index (χ2v) is 4.65. The molecular weight excluding hydrogens is 274 g/mol. The highest BCUT2D eigenvalue weighted by Gasteiger charge is 2.47. The zero-order valence-electron chi connectivity index (χ0n) is 14.5. The van der Waals surface area contributed by atoms with Gasteiger partial charge in [0.1, 0.15) is 5.41 Å². The molecule has 0 aliphatic heterocycles. The Kier molecular flexibility index (Phi) is 4.63. The van der Waals surface area contributed by atoms with Crippen LogP contribution in [0.5, 0.6) is 0 Å². The highest BCUT2D eigenvalue weighted by molar-refractivity contribution is 5.85. The van der Waals surface area contributed by atoms with E-state index in [0.29, 0.717) is 12.8 Å². The monoisotopic (exact) mass is 298 g/mol. The number of rotatable bonds is 4. The molecule has 1 aromatic rings. The van der Waals surface area contributed by atoms with E-state index in [0.717, 1.165) is 5.56 Å². The molecule has 2 rings (SSSR count). The molecule has 0 saturated carbocycles. The number of carbonyl (C=O) groups is 1. The van der Waals surface area contributed by atoms with Crippen molar-refractivity contribution in [3.63, 3.8) is 0 Å². The Hall–Kier alpha value is -1.32. The molecule has 0 radical (unpaired) electrons. The lowest BCUT2D eigenvalue weighted by atomic mass is 9.68. The number of esters is 1. The summed E-state index contributed by atoms with van der Waals surface area (Å²) in [4.78, 5) is 12.7. The molecule has 1 aromatic carbocycles. The van der Waals surface area contributed by atoms with Gasteiger partial charge in [0.25, 0.3) is 0 Å². The molecule has 0 heterocycles. The highest BCUT2D eigenvalue weighted by Crippen LogP contribution is 2.38. The first-order valence-corrected chi connectivity index (χ1v) is 6.57. The summed E-state index contributed by atoms with van der Waals surface area (Å²) >= 11 is 0. The van der Waals surface area contributed by atoms with Crippen LogP contribution in [0.3, 0.4) is 0 Å². The third kappa shape index (κ3) is 2.89. The summed E-state index contributed by atoms with van der Waals surface area (Å²) in [5.74, 6) is -0.382. The summed E-state index contributed by atoms with van der Waals surface area (Å²) in [5.41, 5.74) is -0.236. The number of likely N-dealkylation sites (N-methyl/N-ethyl adjacent to an activating group) is 1. The minimum Gasteiger partial charge on any atom is -0.465 e. The Labute approximate surface area is 131 Å². The molecule has 0 fully saturated rings. The van der Waals surface area contributed by atoms with Gasteiger partial charge in [0, 0.05) is 10.2 Å². The number of halogens is 1. The Bertz CT molecular complexity index is 548. The summed E-state index contributed by atoms with van der Waals surface area (Å²) in [7, 11) is 0. The predicted molar refractivity (Wildman–Crippen MR) is 83.2 cm³/mol. The second kappa shape index (κ2) is 7.46. The number of carbonyl (C=O) groups excluding carboxylic acids is 1. The lowest BCUT2D eigenvalue weighted by Crippen LogP contribution is -2.53. The summed E-state index contributed by atoms with van der Waals surface area (Å²) in [6, 6.07) is 8.64. The molecule has 0 saturated heterocycles. The number of allylic oxidation sites excluding steroid dienone is 1. The molecule has 0 bridgehead atoms. The van der Waals surface area contributed by atoms with Gasteiger partial charge >= 0.3 is 5.97 Å². The number of nitrogens with one attached hydrogen (secondary N) is 1. The summed E-state index contributed by atoms with van der Waals surface area (Å²) in [6.07, 6.45) is 4.89. The van der Waals surface area contributed by atoms with E-state index in [2.05, 4.69) is 5.32 Å². The minimum absolute atomic E-state index is 0. The smallest absolute Gasteiger partial charge is 0.318 e. The molecule has 20 heavy (non-hydrogen) atoms. The lowest BCUT2D eigenvalue weighted by molar-refractivity contribution is -0.151. The summed E-state index contributed by atoms with van der Waals surface area (Å²) < 4.78 is 27.7. The van der Waals surface area contributed by atoms with Crippen molar-refractivity contribution in [2.24, 2.45) is 0 Å². The van der Waals surface area contributed by atoms with Gasteiger partial charge in [-0.15, -0.1) is 12.4 Å². The van der Waals surface area contributed by atoms with Gasteiger partial charge in [0.05, 0.1) is 6.61 Å². The quantitative estimate of drug-likeness (QED) is 0.686. The van der Waals surface area contributed by atoms with Crippen LogP contribution in [-0.4, -0.2) is 25.6 Å². The number of hydrogen-bond donors (Lipinski definition) is 1. The van der Waals surface area contributed by atoms with Crippen LogP contribution in [0.15, 0.2) is 42.5 Å². The third-order valence-corrected chi connectivity index (χ3v) is 3.65. The Morgan fingerprint density at radius 3 is 2.90 bits per heavy atom. The van der Waals surface area contributed by atoms with Gasteiger partial charge in [0.2, 0.25) is 0 Å². The van der Waals surface area contributed by atoms with Crippen LogP contribution < -0.4 is 5.32 Å². The van der Waals surface area contributed by atoms with Crippen LogP contribution >= 0.6 is 12.4 Å². The largest absolute Gasteiger partial charge is 0.465 e. The molecule has 1 aliphatic rings. The maximum Gasteiger partial charge on any atom is 0.318 e. The number of benzene rings is 1. The van der Waals surface area contributed by atoms with Crippen molar-refractivity contribution < 1.29 is 13.6 Å². The first-order valence-electron chi connectivity index (χ1n) is 8.07. The fraction of sp³-hybridized carbons (Fsp3) is 0.438. The van der Waals surface area contributed by atoms with Crippen molar-refractivity contribution in [3.05, 3.63) is 48.0 Å². The molecular formula is C16H22ClNO2. The van der Waals surface area contributed by atoms with E-state index in [4.69, 9.17) is 8.85 Å². The SMILES string of the molecule is Cl.[2H]C([2H])([2H])N[C@@H]1C=CCC[C@]1(C(=O)OCC)c1ccccc1. The average molecular weight is 299 g/mol. The second-order valence-electron chi connectivity index (χ2n) is 4.65. The van der Waals surface area contributed by atoms with Crippen LogP contribution in [0.4, 0.5) is 0 Å². The Morgan fingerprint density at radius 2 is 2.25 bits per heavy atom. The van der Waals surface area contributed by atoms with Gasteiger partial charge in [-0.05, 0) is 32.3 Å². The average Bonchev–Trinajstić information content (AvgIpc) is 2.47. The highest BCUT2D eigenvalue weighted by atomic mass is 35.5. The minimum atomic E-state index is -2.33. The number of ether oxygens (including phenoxy) is 1. The number of hydrogen-bond acceptors (Lipinski definition) is 3. The van der Waals surface area contributed by atoms with Gasteiger partial charge in [-0.3, -0.25) is 4.79 Å². The van der Waals surface area contributed by atoms with E-state index < -0.39 is 18.4 Å².